The first-order valence-electron chi connectivity index (χ1n) is 10.7. The molecule has 2 heterocycles. The molecule has 2 unspecified atom stereocenters. The molecule has 4 aliphatic rings. The number of carbonyl (C=O) groups is 1. The molecule has 0 bridgehead atoms. The number of likely N-dealkylation sites (tertiary alicyclic amines) is 1. The van der Waals surface area contributed by atoms with Crippen LogP contribution >= 0.6 is 0 Å². The van der Waals surface area contributed by atoms with Gasteiger partial charge in [0.1, 0.15) is 6.10 Å². The third kappa shape index (κ3) is 3.18. The highest BCUT2D eigenvalue weighted by Crippen LogP contribution is 2.53. The molecule has 2 saturated heterocycles. The average Bonchev–Trinajstić information content (AvgIpc) is 2.89. The van der Waals surface area contributed by atoms with E-state index in [0.717, 1.165) is 18.3 Å². The fourth-order valence-corrected chi connectivity index (χ4v) is 6.43. The monoisotopic (exact) mass is 345 g/mol. The van der Waals surface area contributed by atoms with Crippen molar-refractivity contribution in [1.29, 1.82) is 0 Å². The molecule has 4 fully saturated rings. The van der Waals surface area contributed by atoms with E-state index in [1.54, 1.807) is 0 Å². The van der Waals surface area contributed by atoms with Crippen LogP contribution in [0.25, 0.3) is 0 Å². The number of likely N-dealkylation sites (N-methyl/N-ethyl adjacent to an activating group) is 1. The second-order valence-electron chi connectivity index (χ2n) is 9.24. The highest BCUT2D eigenvalue weighted by Gasteiger charge is 2.53. The van der Waals surface area contributed by atoms with E-state index in [1.807, 2.05) is 0 Å². The van der Waals surface area contributed by atoms with Gasteiger partial charge in [-0.2, -0.15) is 0 Å². The third-order valence-electron chi connectivity index (χ3n) is 7.97. The number of carbonyl (C=O) groups excluding carboxylic acids is 1. The van der Waals surface area contributed by atoms with E-state index in [0.29, 0.717) is 23.9 Å². The molecule has 3 heteroatoms. The lowest BCUT2D eigenvalue weighted by Gasteiger charge is -2.46. The lowest BCUT2D eigenvalue weighted by molar-refractivity contribution is -0.144. The van der Waals surface area contributed by atoms with Crippen molar-refractivity contribution in [1.82, 2.24) is 4.90 Å². The predicted octanol–water partition coefficient (Wildman–Crippen LogP) is 4.42. The van der Waals surface area contributed by atoms with Crippen LogP contribution in [0.5, 0.6) is 0 Å². The minimum Gasteiger partial charge on any atom is -0.462 e. The number of hydrogen-bond acceptors (Lipinski definition) is 3. The van der Waals surface area contributed by atoms with Gasteiger partial charge < -0.3 is 4.74 Å². The number of nitrogens with zero attached hydrogens (tertiary/aromatic N) is 1. The summed E-state index contributed by atoms with van der Waals surface area (Å²) in [5.74, 6) is 2.71. The molecule has 0 amide bonds. The summed E-state index contributed by atoms with van der Waals surface area (Å²) in [7, 11) is 2.27. The Labute approximate surface area is 153 Å². The van der Waals surface area contributed by atoms with E-state index in [4.69, 9.17) is 4.74 Å². The Morgan fingerprint density at radius 2 is 1.84 bits per heavy atom. The van der Waals surface area contributed by atoms with Crippen LogP contribution in [0.4, 0.5) is 0 Å². The molecule has 140 valence electrons. The first kappa shape index (κ1) is 17.6. The number of cyclic esters (lactones) is 1. The van der Waals surface area contributed by atoms with E-state index in [2.05, 4.69) is 37.9 Å². The largest absolute Gasteiger partial charge is 0.462 e. The number of rotatable bonds is 2. The van der Waals surface area contributed by atoms with Gasteiger partial charge in [-0.1, -0.05) is 37.8 Å². The van der Waals surface area contributed by atoms with Crippen molar-refractivity contribution >= 4 is 5.97 Å². The van der Waals surface area contributed by atoms with E-state index in [1.165, 1.54) is 44.9 Å². The molecule has 8 atom stereocenters. The maximum absolute atomic E-state index is 12.4. The molecule has 25 heavy (non-hydrogen) atoms. The van der Waals surface area contributed by atoms with Gasteiger partial charge in [0, 0.05) is 18.0 Å². The van der Waals surface area contributed by atoms with Crippen molar-refractivity contribution in [2.45, 2.75) is 83.4 Å². The number of fused-ring (bicyclic) bond motifs is 2. The summed E-state index contributed by atoms with van der Waals surface area (Å²) in [4.78, 5) is 14.9. The summed E-state index contributed by atoms with van der Waals surface area (Å²) >= 11 is 0. The molecule has 0 N–H and O–H groups in total. The van der Waals surface area contributed by atoms with Crippen LogP contribution in [0.1, 0.15) is 65.2 Å². The van der Waals surface area contributed by atoms with Gasteiger partial charge in [-0.3, -0.25) is 9.69 Å². The second kappa shape index (κ2) is 7.06. The fourth-order valence-electron chi connectivity index (χ4n) is 6.43. The molecule has 0 aromatic carbocycles. The first-order chi connectivity index (χ1) is 12.1. The van der Waals surface area contributed by atoms with Crippen LogP contribution in [0, 0.1) is 29.6 Å². The minimum absolute atomic E-state index is 0.0864. The summed E-state index contributed by atoms with van der Waals surface area (Å²) in [6, 6.07) is 1.25. The van der Waals surface area contributed by atoms with E-state index >= 15 is 0 Å². The zero-order valence-electron chi connectivity index (χ0n) is 16.2. The van der Waals surface area contributed by atoms with Crippen LogP contribution in [0.15, 0.2) is 12.2 Å². The molecule has 0 spiro atoms. The summed E-state index contributed by atoms with van der Waals surface area (Å²) in [5.41, 5.74) is 0. The van der Waals surface area contributed by atoms with Crippen LogP contribution in [-0.4, -0.2) is 36.1 Å². The number of allylic oxidation sites excluding steroid dienone is 1. The van der Waals surface area contributed by atoms with Gasteiger partial charge >= 0.3 is 5.97 Å². The normalized spacial score (nSPS) is 48.2. The molecule has 0 aromatic rings. The molecule has 3 nitrogen and oxygen atoms in total. The fraction of sp³-hybridized carbons (Fsp3) is 0.864. The molecular formula is C22H35NO2. The second-order valence-corrected chi connectivity index (χ2v) is 9.24. The Morgan fingerprint density at radius 3 is 2.68 bits per heavy atom. The van der Waals surface area contributed by atoms with Crippen LogP contribution in [0.3, 0.4) is 0 Å². The minimum atomic E-state index is 0.0864. The van der Waals surface area contributed by atoms with E-state index in [9.17, 15) is 4.79 Å². The van der Waals surface area contributed by atoms with Crippen molar-refractivity contribution < 1.29 is 9.53 Å². The van der Waals surface area contributed by atoms with Gasteiger partial charge in [-0.05, 0) is 64.3 Å². The zero-order chi connectivity index (χ0) is 17.6. The number of piperidine rings is 1. The molecule has 0 radical (unpaired) electrons. The Kier molecular flexibility index (Phi) is 4.96. The van der Waals surface area contributed by atoms with Crippen molar-refractivity contribution in [3.8, 4) is 0 Å². The van der Waals surface area contributed by atoms with Crippen molar-refractivity contribution in [2.75, 3.05) is 7.05 Å². The van der Waals surface area contributed by atoms with Crippen LogP contribution < -0.4 is 0 Å². The predicted molar refractivity (Wildman–Crippen MR) is 100 cm³/mol. The van der Waals surface area contributed by atoms with Gasteiger partial charge in [-0.25, -0.2) is 0 Å². The van der Waals surface area contributed by atoms with E-state index in [-0.39, 0.29) is 18.0 Å². The maximum atomic E-state index is 12.4. The van der Waals surface area contributed by atoms with Crippen LogP contribution in [0.2, 0.25) is 0 Å². The molecule has 2 aliphatic carbocycles. The molecule has 2 saturated carbocycles. The Hall–Kier alpha value is -0.830. The average molecular weight is 346 g/mol. The summed E-state index contributed by atoms with van der Waals surface area (Å²) in [5, 5.41) is 0. The van der Waals surface area contributed by atoms with E-state index < -0.39 is 0 Å². The molecule has 0 aromatic heterocycles. The highest BCUT2D eigenvalue weighted by atomic mass is 16.6. The summed E-state index contributed by atoms with van der Waals surface area (Å²) < 4.78 is 5.69. The Balaban J connectivity index is 1.57. The number of ether oxygens (including phenoxy) is 1. The lowest BCUT2D eigenvalue weighted by atomic mass is 9.57. The highest BCUT2D eigenvalue weighted by molar-refractivity contribution is 5.75. The Bertz CT molecular complexity index is 530. The van der Waals surface area contributed by atoms with Crippen molar-refractivity contribution in [2.24, 2.45) is 29.6 Å². The van der Waals surface area contributed by atoms with Crippen molar-refractivity contribution in [3.05, 3.63) is 12.2 Å². The zero-order valence-corrected chi connectivity index (χ0v) is 16.2. The van der Waals surface area contributed by atoms with Crippen molar-refractivity contribution in [3.63, 3.8) is 0 Å². The van der Waals surface area contributed by atoms with Gasteiger partial charge in [0.2, 0.25) is 0 Å². The number of esters is 1. The first-order valence-corrected chi connectivity index (χ1v) is 10.7. The number of hydrogen-bond donors (Lipinski definition) is 0. The standard InChI is InChI=1S/C22H35NO2/c1-14-7-6-9-17(23(14)3)11-12-19-18-10-5-4-8-16(18)13-20-21(19)15(2)25-22(20)24/h11-12,14-21H,4-10,13H2,1-3H3/t14-,15-,16+,17?,18-,19?,20-,21+/m0/s1. The maximum Gasteiger partial charge on any atom is 0.309 e. The van der Waals surface area contributed by atoms with Gasteiger partial charge in [0.25, 0.3) is 0 Å². The third-order valence-corrected chi connectivity index (χ3v) is 7.97. The Morgan fingerprint density at radius 1 is 1.04 bits per heavy atom. The van der Waals surface area contributed by atoms with Gasteiger partial charge in [0.05, 0.1) is 5.92 Å². The summed E-state index contributed by atoms with van der Waals surface area (Å²) in [6.07, 6.45) is 15.5. The van der Waals surface area contributed by atoms with Gasteiger partial charge in [0.15, 0.2) is 0 Å². The molecule has 2 aliphatic heterocycles. The molecular weight excluding hydrogens is 310 g/mol. The quantitative estimate of drug-likeness (QED) is 0.548. The van der Waals surface area contributed by atoms with Crippen LogP contribution in [-0.2, 0) is 9.53 Å². The SMILES string of the molecule is C[C@@H]1OC(=O)[C@H]2C[C@H]3CCCC[C@@H]3C(C=CC3CCC[C@H](C)N3C)[C@@H]12. The molecule has 4 rings (SSSR count). The van der Waals surface area contributed by atoms with Gasteiger partial charge in [-0.15, -0.1) is 0 Å². The summed E-state index contributed by atoms with van der Waals surface area (Å²) in [6.45, 7) is 4.47. The lowest BCUT2D eigenvalue weighted by Crippen LogP contribution is -2.44. The smallest absolute Gasteiger partial charge is 0.309 e. The topological polar surface area (TPSA) is 29.5 Å².